The number of phenolic OH excluding ortho intramolecular Hbond substituents is 1. The summed E-state index contributed by atoms with van der Waals surface area (Å²) in [5.41, 5.74) is 0.667. The van der Waals surface area contributed by atoms with E-state index in [2.05, 4.69) is 0 Å². The van der Waals surface area contributed by atoms with Crippen molar-refractivity contribution in [3.8, 4) is 22.9 Å². The van der Waals surface area contributed by atoms with Crippen LogP contribution in [0, 0.1) is 11.3 Å². The van der Waals surface area contributed by atoms with Crippen LogP contribution in [0.3, 0.4) is 0 Å². The zero-order valence-electron chi connectivity index (χ0n) is 10.3. The number of aromatic hydroxyl groups is 1. The molecule has 0 atom stereocenters. The van der Waals surface area contributed by atoms with Crippen LogP contribution >= 0.6 is 0 Å². The van der Waals surface area contributed by atoms with Crippen molar-refractivity contribution < 1.29 is 9.52 Å². The fraction of sp³-hybridized carbons (Fsp3) is 0. The largest absolute Gasteiger partial charge is 0.507 e. The van der Waals surface area contributed by atoms with E-state index in [4.69, 9.17) is 9.68 Å². The van der Waals surface area contributed by atoms with Gasteiger partial charge in [0.05, 0.1) is 11.1 Å². The van der Waals surface area contributed by atoms with Crippen LogP contribution in [0.4, 0.5) is 0 Å². The summed E-state index contributed by atoms with van der Waals surface area (Å²) in [6, 6.07) is 15.2. The molecule has 1 heterocycles. The maximum Gasteiger partial charge on any atom is 0.344 e. The van der Waals surface area contributed by atoms with Crippen molar-refractivity contribution in [3.63, 3.8) is 0 Å². The van der Waals surface area contributed by atoms with Crippen molar-refractivity contribution >= 4 is 11.0 Å². The number of fused-ring (bicyclic) bond motifs is 1. The molecule has 1 N–H and O–H groups in total. The third-order valence-corrected chi connectivity index (χ3v) is 3.07. The van der Waals surface area contributed by atoms with Gasteiger partial charge in [-0.25, -0.2) is 4.79 Å². The van der Waals surface area contributed by atoms with E-state index in [-0.39, 0.29) is 16.9 Å². The molecule has 1 aromatic heterocycles. The maximum atomic E-state index is 12.1. The molecule has 0 saturated heterocycles. The van der Waals surface area contributed by atoms with Crippen LogP contribution in [0.25, 0.3) is 22.1 Å². The molecule has 0 amide bonds. The summed E-state index contributed by atoms with van der Waals surface area (Å²) >= 11 is 0. The SMILES string of the molecule is N#Cc1cccc2cc(-c3ccccc3O)c(=O)oc12. The predicted octanol–water partition coefficient (Wildman–Crippen LogP) is 3.04. The highest BCUT2D eigenvalue weighted by Crippen LogP contribution is 2.28. The van der Waals surface area contributed by atoms with E-state index in [9.17, 15) is 9.90 Å². The van der Waals surface area contributed by atoms with Crippen molar-refractivity contribution in [2.45, 2.75) is 0 Å². The number of nitrogens with zero attached hydrogens (tertiary/aromatic N) is 1. The summed E-state index contributed by atoms with van der Waals surface area (Å²) < 4.78 is 5.24. The van der Waals surface area contributed by atoms with Crippen LogP contribution in [0.2, 0.25) is 0 Å². The Morgan fingerprint density at radius 3 is 2.60 bits per heavy atom. The van der Waals surface area contributed by atoms with E-state index in [1.54, 1.807) is 42.5 Å². The lowest BCUT2D eigenvalue weighted by atomic mass is 10.0. The van der Waals surface area contributed by atoms with Gasteiger partial charge in [0.1, 0.15) is 11.8 Å². The van der Waals surface area contributed by atoms with E-state index in [1.165, 1.54) is 6.07 Å². The maximum absolute atomic E-state index is 12.1. The number of rotatable bonds is 1. The highest BCUT2D eigenvalue weighted by Gasteiger charge is 2.12. The number of nitriles is 1. The first-order chi connectivity index (χ1) is 9.70. The van der Waals surface area contributed by atoms with Crippen molar-refractivity contribution in [1.82, 2.24) is 0 Å². The van der Waals surface area contributed by atoms with Crippen molar-refractivity contribution in [1.29, 1.82) is 5.26 Å². The summed E-state index contributed by atoms with van der Waals surface area (Å²) in [7, 11) is 0. The Hall–Kier alpha value is -3.06. The van der Waals surface area contributed by atoms with E-state index >= 15 is 0 Å². The monoisotopic (exact) mass is 263 g/mol. The molecule has 0 fully saturated rings. The zero-order chi connectivity index (χ0) is 14.1. The van der Waals surface area contributed by atoms with E-state index in [0.717, 1.165) is 0 Å². The molecule has 3 aromatic rings. The third kappa shape index (κ3) is 1.82. The predicted molar refractivity (Wildman–Crippen MR) is 74.3 cm³/mol. The summed E-state index contributed by atoms with van der Waals surface area (Å²) in [5.74, 6) is 0.00980. The van der Waals surface area contributed by atoms with Gasteiger partial charge in [-0.05, 0) is 18.2 Å². The molecule has 0 radical (unpaired) electrons. The smallest absolute Gasteiger partial charge is 0.344 e. The van der Waals surface area contributed by atoms with E-state index < -0.39 is 5.63 Å². The fourth-order valence-corrected chi connectivity index (χ4v) is 2.12. The second-order valence-electron chi connectivity index (χ2n) is 4.30. The molecule has 4 heteroatoms. The Balaban J connectivity index is 2.36. The molecule has 0 bridgehead atoms. The molecular formula is C16H9NO3. The average molecular weight is 263 g/mol. The van der Waals surface area contributed by atoms with Crippen molar-refractivity contribution in [3.05, 3.63) is 64.5 Å². The molecule has 20 heavy (non-hydrogen) atoms. The molecular weight excluding hydrogens is 254 g/mol. The van der Waals surface area contributed by atoms with Crippen LogP contribution in [0.15, 0.2) is 57.7 Å². The Bertz CT molecular complexity index is 903. The number of phenols is 1. The number of hydrogen-bond acceptors (Lipinski definition) is 4. The standard InChI is InChI=1S/C16H9NO3/c17-9-11-5-3-4-10-8-13(16(19)20-15(10)11)12-6-1-2-7-14(12)18/h1-8,18H. The highest BCUT2D eigenvalue weighted by molar-refractivity contribution is 5.86. The number of para-hydroxylation sites is 2. The minimum absolute atomic E-state index is 0.00980. The van der Waals surface area contributed by atoms with Crippen LogP contribution in [0.1, 0.15) is 5.56 Å². The summed E-state index contributed by atoms with van der Waals surface area (Å²) in [6.45, 7) is 0. The van der Waals surface area contributed by atoms with Gasteiger partial charge in [0.2, 0.25) is 0 Å². The van der Waals surface area contributed by atoms with Crippen LogP contribution in [-0.2, 0) is 0 Å². The Kier molecular flexibility index (Phi) is 2.73. The van der Waals surface area contributed by atoms with Gasteiger partial charge >= 0.3 is 5.63 Å². The van der Waals surface area contributed by atoms with Gasteiger partial charge in [-0.15, -0.1) is 0 Å². The van der Waals surface area contributed by atoms with Gasteiger partial charge in [-0.3, -0.25) is 0 Å². The summed E-state index contributed by atoms with van der Waals surface area (Å²) in [4.78, 5) is 12.1. The molecule has 0 saturated carbocycles. The van der Waals surface area contributed by atoms with Crippen LogP contribution in [-0.4, -0.2) is 5.11 Å². The van der Waals surface area contributed by atoms with Crippen LogP contribution < -0.4 is 5.63 Å². The average Bonchev–Trinajstić information content (AvgIpc) is 2.47. The first kappa shape index (κ1) is 12.0. The first-order valence-electron chi connectivity index (χ1n) is 5.96. The second-order valence-corrected chi connectivity index (χ2v) is 4.30. The minimum Gasteiger partial charge on any atom is -0.507 e. The van der Waals surface area contributed by atoms with Gasteiger partial charge < -0.3 is 9.52 Å². The van der Waals surface area contributed by atoms with Gasteiger partial charge in [-0.1, -0.05) is 30.3 Å². The molecule has 0 spiro atoms. The molecule has 0 aliphatic rings. The van der Waals surface area contributed by atoms with Crippen molar-refractivity contribution in [2.24, 2.45) is 0 Å². The molecule has 0 aliphatic heterocycles. The molecule has 0 aliphatic carbocycles. The zero-order valence-corrected chi connectivity index (χ0v) is 10.3. The first-order valence-corrected chi connectivity index (χ1v) is 5.96. The molecule has 96 valence electrons. The number of hydrogen-bond donors (Lipinski definition) is 1. The lowest BCUT2D eigenvalue weighted by Gasteiger charge is -2.05. The summed E-state index contributed by atoms with van der Waals surface area (Å²) in [5, 5.41) is 19.5. The Labute approximate surface area is 114 Å². The lowest BCUT2D eigenvalue weighted by molar-refractivity contribution is 0.476. The summed E-state index contributed by atoms with van der Waals surface area (Å²) in [6.07, 6.45) is 0. The van der Waals surface area contributed by atoms with Crippen LogP contribution in [0.5, 0.6) is 5.75 Å². The number of benzene rings is 2. The normalized spacial score (nSPS) is 10.3. The topological polar surface area (TPSA) is 74.2 Å². The van der Waals surface area contributed by atoms with Gasteiger partial charge in [0, 0.05) is 10.9 Å². The molecule has 0 unspecified atom stereocenters. The van der Waals surface area contributed by atoms with E-state index in [0.29, 0.717) is 16.5 Å². The van der Waals surface area contributed by atoms with Gasteiger partial charge in [0.25, 0.3) is 0 Å². The molecule has 2 aromatic carbocycles. The van der Waals surface area contributed by atoms with E-state index in [1.807, 2.05) is 6.07 Å². The van der Waals surface area contributed by atoms with Crippen molar-refractivity contribution in [2.75, 3.05) is 0 Å². The van der Waals surface area contributed by atoms with Gasteiger partial charge in [-0.2, -0.15) is 5.26 Å². The molecule has 4 nitrogen and oxygen atoms in total. The lowest BCUT2D eigenvalue weighted by Crippen LogP contribution is -2.03. The second kappa shape index (κ2) is 4.56. The third-order valence-electron chi connectivity index (χ3n) is 3.07. The minimum atomic E-state index is -0.582. The molecule has 3 rings (SSSR count). The highest BCUT2D eigenvalue weighted by atomic mass is 16.4. The Morgan fingerprint density at radius 2 is 1.85 bits per heavy atom. The fourth-order valence-electron chi connectivity index (χ4n) is 2.12. The quantitative estimate of drug-likeness (QED) is 0.685. The Morgan fingerprint density at radius 1 is 1.05 bits per heavy atom. The van der Waals surface area contributed by atoms with Gasteiger partial charge in [0.15, 0.2) is 5.58 Å².